The molecule has 0 atom stereocenters. The van der Waals surface area contributed by atoms with Crippen molar-refractivity contribution in [2.75, 3.05) is 26.1 Å². The van der Waals surface area contributed by atoms with E-state index in [1.54, 1.807) is 14.2 Å². The highest BCUT2D eigenvalue weighted by molar-refractivity contribution is 7.80. The van der Waals surface area contributed by atoms with Crippen LogP contribution in [-0.4, -0.2) is 25.9 Å². The predicted octanol–water partition coefficient (Wildman–Crippen LogP) is 4.19. The molecule has 0 bridgehead atoms. The van der Waals surface area contributed by atoms with E-state index in [4.69, 9.17) is 33.3 Å². The number of ether oxygens (including phenoxy) is 2. The van der Waals surface area contributed by atoms with Crippen molar-refractivity contribution >= 4 is 34.6 Å². The molecule has 0 heterocycles. The SMILES string of the molecule is COc1cccc(CCNC(=S)Nc2cccc(Cl)c2C)c1OC. The van der Waals surface area contributed by atoms with Gasteiger partial charge in [0, 0.05) is 17.3 Å². The summed E-state index contributed by atoms with van der Waals surface area (Å²) in [6.07, 6.45) is 0.761. The third kappa shape index (κ3) is 4.52. The van der Waals surface area contributed by atoms with Gasteiger partial charge in [0.05, 0.1) is 14.2 Å². The van der Waals surface area contributed by atoms with Crippen LogP contribution < -0.4 is 20.1 Å². The van der Waals surface area contributed by atoms with Gasteiger partial charge in [-0.15, -0.1) is 0 Å². The van der Waals surface area contributed by atoms with Crippen molar-refractivity contribution in [1.82, 2.24) is 5.32 Å². The molecule has 0 aliphatic rings. The van der Waals surface area contributed by atoms with E-state index in [9.17, 15) is 0 Å². The van der Waals surface area contributed by atoms with Crippen LogP contribution in [0.15, 0.2) is 36.4 Å². The van der Waals surface area contributed by atoms with Gasteiger partial charge in [-0.05, 0) is 54.9 Å². The van der Waals surface area contributed by atoms with Gasteiger partial charge in [-0.1, -0.05) is 29.8 Å². The molecular weight excluding hydrogens is 344 g/mol. The Kier molecular flexibility index (Phi) is 6.70. The van der Waals surface area contributed by atoms with Crippen molar-refractivity contribution < 1.29 is 9.47 Å². The lowest BCUT2D eigenvalue weighted by Crippen LogP contribution is -2.30. The molecule has 2 aromatic rings. The number of thiocarbonyl (C=S) groups is 1. The van der Waals surface area contributed by atoms with Gasteiger partial charge >= 0.3 is 0 Å². The molecule has 0 aliphatic heterocycles. The minimum atomic E-state index is 0.558. The third-order valence-corrected chi connectivity index (χ3v) is 4.34. The quantitative estimate of drug-likeness (QED) is 0.752. The fourth-order valence-electron chi connectivity index (χ4n) is 2.37. The number of benzene rings is 2. The van der Waals surface area contributed by atoms with Gasteiger partial charge in [-0.3, -0.25) is 0 Å². The molecule has 0 spiro atoms. The van der Waals surface area contributed by atoms with Crippen molar-refractivity contribution in [3.05, 3.63) is 52.5 Å². The summed E-state index contributed by atoms with van der Waals surface area (Å²) < 4.78 is 10.7. The van der Waals surface area contributed by atoms with E-state index in [0.717, 1.165) is 34.7 Å². The molecule has 0 amide bonds. The summed E-state index contributed by atoms with van der Waals surface area (Å²) in [5, 5.41) is 7.63. The Balaban J connectivity index is 1.92. The molecule has 2 rings (SSSR count). The molecular formula is C18H21ClN2O2S. The van der Waals surface area contributed by atoms with Crippen LogP contribution in [-0.2, 0) is 6.42 Å². The van der Waals surface area contributed by atoms with E-state index in [0.29, 0.717) is 16.7 Å². The highest BCUT2D eigenvalue weighted by atomic mass is 35.5. The summed E-state index contributed by atoms with van der Waals surface area (Å²) in [4.78, 5) is 0. The first-order valence-electron chi connectivity index (χ1n) is 7.56. The van der Waals surface area contributed by atoms with Crippen molar-refractivity contribution in [3.63, 3.8) is 0 Å². The monoisotopic (exact) mass is 364 g/mol. The van der Waals surface area contributed by atoms with Crippen LogP contribution >= 0.6 is 23.8 Å². The van der Waals surface area contributed by atoms with Gasteiger partial charge in [-0.25, -0.2) is 0 Å². The summed E-state index contributed by atoms with van der Waals surface area (Å²) >= 11 is 11.5. The standard InChI is InChI=1S/C18H21ClN2O2S/c1-12-14(19)7-5-8-15(12)21-18(24)20-11-10-13-6-4-9-16(22-2)17(13)23-3/h4-9H,10-11H2,1-3H3,(H2,20,21,24). The van der Waals surface area contributed by atoms with E-state index in [2.05, 4.69) is 10.6 Å². The lowest BCUT2D eigenvalue weighted by molar-refractivity contribution is 0.351. The van der Waals surface area contributed by atoms with Crippen molar-refractivity contribution in [2.45, 2.75) is 13.3 Å². The lowest BCUT2D eigenvalue weighted by atomic mass is 10.1. The molecule has 0 fully saturated rings. The van der Waals surface area contributed by atoms with Crippen LogP contribution in [0.25, 0.3) is 0 Å². The Labute approximate surface area is 153 Å². The number of rotatable bonds is 6. The Morgan fingerprint density at radius 2 is 1.88 bits per heavy atom. The molecule has 0 aromatic heterocycles. The zero-order chi connectivity index (χ0) is 17.5. The van der Waals surface area contributed by atoms with Crippen molar-refractivity contribution in [2.24, 2.45) is 0 Å². The molecule has 0 unspecified atom stereocenters. The van der Waals surface area contributed by atoms with Gasteiger partial charge in [-0.2, -0.15) is 0 Å². The Bertz CT molecular complexity index is 722. The largest absolute Gasteiger partial charge is 0.493 e. The normalized spacial score (nSPS) is 10.2. The number of para-hydroxylation sites is 1. The zero-order valence-electron chi connectivity index (χ0n) is 14.0. The second-order valence-electron chi connectivity index (χ2n) is 5.20. The molecule has 0 saturated heterocycles. The van der Waals surface area contributed by atoms with Gasteiger partial charge in [0.25, 0.3) is 0 Å². The van der Waals surface area contributed by atoms with Crippen LogP contribution in [0.2, 0.25) is 5.02 Å². The maximum atomic E-state index is 6.11. The van der Waals surface area contributed by atoms with Gasteiger partial charge in [0.15, 0.2) is 16.6 Å². The molecule has 6 heteroatoms. The molecule has 2 N–H and O–H groups in total. The topological polar surface area (TPSA) is 42.5 Å². The Hall–Kier alpha value is -1.98. The first kappa shape index (κ1) is 18.4. The van der Waals surface area contributed by atoms with Gasteiger partial charge in [0.1, 0.15) is 0 Å². The molecule has 0 saturated carbocycles. The van der Waals surface area contributed by atoms with E-state index in [1.165, 1.54) is 0 Å². The zero-order valence-corrected chi connectivity index (χ0v) is 15.6. The van der Waals surface area contributed by atoms with Crippen molar-refractivity contribution in [3.8, 4) is 11.5 Å². The van der Waals surface area contributed by atoms with Gasteiger partial charge < -0.3 is 20.1 Å². The predicted molar refractivity (Wildman–Crippen MR) is 104 cm³/mol. The van der Waals surface area contributed by atoms with Crippen LogP contribution in [0.3, 0.4) is 0 Å². The molecule has 0 radical (unpaired) electrons. The highest BCUT2D eigenvalue weighted by Gasteiger charge is 2.09. The average Bonchev–Trinajstić information content (AvgIpc) is 2.58. The molecule has 24 heavy (non-hydrogen) atoms. The first-order valence-corrected chi connectivity index (χ1v) is 8.35. The average molecular weight is 365 g/mol. The second-order valence-corrected chi connectivity index (χ2v) is 6.01. The summed E-state index contributed by atoms with van der Waals surface area (Å²) in [7, 11) is 3.27. The Morgan fingerprint density at radius 1 is 1.12 bits per heavy atom. The van der Waals surface area contributed by atoms with Crippen LogP contribution in [0, 0.1) is 6.92 Å². The van der Waals surface area contributed by atoms with E-state index in [1.807, 2.05) is 43.3 Å². The maximum Gasteiger partial charge on any atom is 0.170 e. The van der Waals surface area contributed by atoms with Crippen LogP contribution in [0.5, 0.6) is 11.5 Å². The summed E-state index contributed by atoms with van der Waals surface area (Å²) in [5.41, 5.74) is 2.93. The molecule has 4 nitrogen and oxygen atoms in total. The number of hydrogen-bond donors (Lipinski definition) is 2. The smallest absolute Gasteiger partial charge is 0.170 e. The summed E-state index contributed by atoms with van der Waals surface area (Å²) in [5.74, 6) is 1.48. The molecule has 128 valence electrons. The first-order chi connectivity index (χ1) is 11.6. The van der Waals surface area contributed by atoms with E-state index < -0.39 is 0 Å². The Morgan fingerprint density at radius 3 is 2.58 bits per heavy atom. The van der Waals surface area contributed by atoms with Crippen LogP contribution in [0.1, 0.15) is 11.1 Å². The summed E-state index contributed by atoms with van der Waals surface area (Å²) in [6.45, 7) is 2.63. The van der Waals surface area contributed by atoms with Gasteiger partial charge in [0.2, 0.25) is 0 Å². The fourth-order valence-corrected chi connectivity index (χ4v) is 2.76. The fraction of sp³-hybridized carbons (Fsp3) is 0.278. The minimum absolute atomic E-state index is 0.558. The third-order valence-electron chi connectivity index (χ3n) is 3.68. The number of halogens is 1. The van der Waals surface area contributed by atoms with Crippen LogP contribution in [0.4, 0.5) is 5.69 Å². The number of nitrogens with one attached hydrogen (secondary N) is 2. The second kappa shape index (κ2) is 8.76. The maximum absolute atomic E-state index is 6.11. The number of methoxy groups -OCH3 is 2. The summed E-state index contributed by atoms with van der Waals surface area (Å²) in [6, 6.07) is 11.5. The number of anilines is 1. The van der Waals surface area contributed by atoms with E-state index >= 15 is 0 Å². The minimum Gasteiger partial charge on any atom is -0.493 e. The molecule has 2 aromatic carbocycles. The molecule has 0 aliphatic carbocycles. The highest BCUT2D eigenvalue weighted by Crippen LogP contribution is 2.30. The van der Waals surface area contributed by atoms with Crippen molar-refractivity contribution in [1.29, 1.82) is 0 Å². The lowest BCUT2D eigenvalue weighted by Gasteiger charge is -2.15. The number of hydrogen-bond acceptors (Lipinski definition) is 3. The van der Waals surface area contributed by atoms with E-state index in [-0.39, 0.29) is 0 Å².